The zero-order chi connectivity index (χ0) is 21.6. The van der Waals surface area contributed by atoms with Crippen molar-refractivity contribution in [2.24, 2.45) is 0 Å². The summed E-state index contributed by atoms with van der Waals surface area (Å²) in [6, 6.07) is 6.54. The highest BCUT2D eigenvalue weighted by atomic mass is 19.1. The van der Waals surface area contributed by atoms with E-state index in [0.717, 1.165) is 18.5 Å². The molecule has 1 amide bonds. The summed E-state index contributed by atoms with van der Waals surface area (Å²) < 4.78 is 16.5. The highest BCUT2D eigenvalue weighted by molar-refractivity contribution is 5.94. The zero-order valence-electron chi connectivity index (χ0n) is 18.1. The number of amides is 1. The van der Waals surface area contributed by atoms with Crippen LogP contribution in [0.3, 0.4) is 0 Å². The van der Waals surface area contributed by atoms with Crippen LogP contribution in [-0.2, 0) is 5.54 Å². The van der Waals surface area contributed by atoms with Crippen LogP contribution in [0.2, 0.25) is 0 Å². The van der Waals surface area contributed by atoms with E-state index < -0.39 is 5.82 Å². The maximum absolute atomic E-state index is 14.5. The number of hydrogen-bond acceptors (Lipinski definition) is 4. The van der Waals surface area contributed by atoms with Crippen molar-refractivity contribution in [3.05, 3.63) is 47.0 Å². The lowest BCUT2D eigenvalue weighted by molar-refractivity contribution is 0.0738. The third kappa shape index (κ3) is 3.98. The van der Waals surface area contributed by atoms with Gasteiger partial charge in [0.05, 0.1) is 11.2 Å². The van der Waals surface area contributed by atoms with Crippen LogP contribution in [0.4, 0.5) is 10.1 Å². The van der Waals surface area contributed by atoms with Crippen LogP contribution >= 0.6 is 0 Å². The van der Waals surface area contributed by atoms with Crippen LogP contribution in [-0.4, -0.2) is 52.5 Å². The number of ketones is 1. The first-order chi connectivity index (χ1) is 14.1. The van der Waals surface area contributed by atoms with E-state index >= 15 is 0 Å². The molecule has 7 heteroatoms. The summed E-state index contributed by atoms with van der Waals surface area (Å²) >= 11 is 0. The Kier molecular flexibility index (Phi) is 5.16. The normalized spacial score (nSPS) is 17.4. The van der Waals surface area contributed by atoms with Crippen molar-refractivity contribution < 1.29 is 14.0 Å². The minimum absolute atomic E-state index is 0.0630. The Hall–Kier alpha value is -2.70. The summed E-state index contributed by atoms with van der Waals surface area (Å²) in [6.07, 6.45) is 2.31. The van der Waals surface area contributed by atoms with Crippen molar-refractivity contribution in [2.75, 3.05) is 31.1 Å². The molecule has 2 aromatic rings. The van der Waals surface area contributed by atoms with Crippen LogP contribution in [0.5, 0.6) is 0 Å². The second-order valence-corrected chi connectivity index (χ2v) is 9.31. The molecular weight excluding hydrogens is 383 g/mol. The Labute approximate surface area is 176 Å². The second kappa shape index (κ2) is 7.52. The van der Waals surface area contributed by atoms with Crippen molar-refractivity contribution in [3.63, 3.8) is 0 Å². The number of hydrogen-bond donors (Lipinski definition) is 0. The van der Waals surface area contributed by atoms with E-state index in [1.807, 2.05) is 15.6 Å². The molecule has 1 saturated carbocycles. The molecule has 2 fully saturated rings. The molecule has 1 aromatic carbocycles. The molecule has 6 nitrogen and oxygen atoms in total. The van der Waals surface area contributed by atoms with Crippen LogP contribution < -0.4 is 4.90 Å². The van der Waals surface area contributed by atoms with Crippen molar-refractivity contribution in [3.8, 4) is 0 Å². The van der Waals surface area contributed by atoms with E-state index in [4.69, 9.17) is 0 Å². The fourth-order valence-corrected chi connectivity index (χ4v) is 4.00. The molecule has 2 aliphatic rings. The van der Waals surface area contributed by atoms with E-state index in [9.17, 15) is 14.0 Å². The third-order valence-corrected chi connectivity index (χ3v) is 5.85. The van der Waals surface area contributed by atoms with E-state index in [1.54, 1.807) is 17.0 Å². The van der Waals surface area contributed by atoms with Gasteiger partial charge < -0.3 is 9.80 Å². The van der Waals surface area contributed by atoms with Crippen LogP contribution in [0.25, 0.3) is 0 Å². The number of rotatable bonds is 4. The number of carbonyl (C=O) groups excluding carboxylic acids is 2. The molecule has 160 valence electrons. The molecule has 1 aliphatic carbocycles. The maximum Gasteiger partial charge on any atom is 0.274 e. The highest BCUT2D eigenvalue weighted by Gasteiger charge is 2.34. The summed E-state index contributed by atoms with van der Waals surface area (Å²) in [5.41, 5.74) is 2.32. The molecular formula is C23H29FN4O2. The third-order valence-electron chi connectivity index (χ3n) is 5.85. The standard InChI is InChI=1S/C23H29FN4O2/c1-15(29)17-7-8-20(18(24)13-17)26-9-11-27(12-10-26)22(30)19-14-21(16-5-6-16)28(25-19)23(2,3)4/h7-8,13-14,16H,5-6,9-12H2,1-4H3. The van der Waals surface area contributed by atoms with Gasteiger partial charge in [-0.1, -0.05) is 0 Å². The van der Waals surface area contributed by atoms with Gasteiger partial charge in [0.1, 0.15) is 5.82 Å². The largest absolute Gasteiger partial charge is 0.366 e. The number of Topliss-reactive ketones (excluding diaryl/α,β-unsaturated/α-hetero) is 1. The Balaban J connectivity index is 1.46. The van der Waals surface area contributed by atoms with Gasteiger partial charge in [-0.15, -0.1) is 0 Å². The van der Waals surface area contributed by atoms with Crippen molar-refractivity contribution >= 4 is 17.4 Å². The van der Waals surface area contributed by atoms with Gasteiger partial charge in [0, 0.05) is 43.4 Å². The van der Waals surface area contributed by atoms with Crippen LogP contribution in [0.15, 0.2) is 24.3 Å². The Morgan fingerprint density at radius 1 is 1.07 bits per heavy atom. The monoisotopic (exact) mass is 412 g/mol. The number of aromatic nitrogens is 2. The number of nitrogens with zero attached hydrogens (tertiary/aromatic N) is 4. The Morgan fingerprint density at radius 2 is 1.73 bits per heavy atom. The van der Waals surface area contributed by atoms with Crippen molar-refractivity contribution in [2.45, 2.75) is 52.0 Å². The van der Waals surface area contributed by atoms with Crippen molar-refractivity contribution in [1.29, 1.82) is 0 Å². The maximum atomic E-state index is 14.5. The summed E-state index contributed by atoms with van der Waals surface area (Å²) in [5.74, 6) is -0.111. The Morgan fingerprint density at radius 3 is 2.27 bits per heavy atom. The quantitative estimate of drug-likeness (QED) is 0.717. The summed E-state index contributed by atoms with van der Waals surface area (Å²) in [7, 11) is 0. The number of piperazine rings is 1. The average Bonchev–Trinajstić information content (AvgIpc) is 3.44. The number of carbonyl (C=O) groups is 2. The molecule has 30 heavy (non-hydrogen) atoms. The SMILES string of the molecule is CC(=O)c1ccc(N2CCN(C(=O)c3cc(C4CC4)n(C(C)(C)C)n3)CC2)c(F)c1. The molecule has 0 bridgehead atoms. The number of benzene rings is 1. The molecule has 0 N–H and O–H groups in total. The fraction of sp³-hybridized carbons (Fsp3) is 0.522. The zero-order valence-corrected chi connectivity index (χ0v) is 18.1. The number of halogens is 1. The summed E-state index contributed by atoms with van der Waals surface area (Å²) in [5, 5.41) is 4.66. The van der Waals surface area contributed by atoms with Crippen LogP contribution in [0.1, 0.15) is 73.0 Å². The topological polar surface area (TPSA) is 58.4 Å². The van der Waals surface area contributed by atoms with Gasteiger partial charge in [-0.05, 0) is 64.8 Å². The molecule has 1 aromatic heterocycles. The highest BCUT2D eigenvalue weighted by Crippen LogP contribution is 2.41. The van der Waals surface area contributed by atoms with Crippen LogP contribution in [0, 0.1) is 5.82 Å². The number of anilines is 1. The molecule has 0 atom stereocenters. The average molecular weight is 413 g/mol. The minimum atomic E-state index is -0.402. The van der Waals surface area contributed by atoms with Gasteiger partial charge in [0.15, 0.2) is 11.5 Å². The first-order valence-electron chi connectivity index (χ1n) is 10.6. The molecule has 2 heterocycles. The van der Waals surface area contributed by atoms with Gasteiger partial charge in [-0.25, -0.2) is 4.39 Å². The van der Waals surface area contributed by atoms with Crippen molar-refractivity contribution in [1.82, 2.24) is 14.7 Å². The first-order valence-corrected chi connectivity index (χ1v) is 10.6. The minimum Gasteiger partial charge on any atom is -0.366 e. The predicted octanol–water partition coefficient (Wildman–Crippen LogP) is 3.82. The predicted molar refractivity (Wildman–Crippen MR) is 114 cm³/mol. The lowest BCUT2D eigenvalue weighted by Crippen LogP contribution is -2.49. The molecule has 0 spiro atoms. The van der Waals surface area contributed by atoms with Gasteiger partial charge in [0.25, 0.3) is 5.91 Å². The molecule has 1 saturated heterocycles. The lowest BCUT2D eigenvalue weighted by Gasteiger charge is -2.36. The van der Waals surface area contributed by atoms with Gasteiger partial charge >= 0.3 is 0 Å². The molecule has 1 aliphatic heterocycles. The lowest BCUT2D eigenvalue weighted by atomic mass is 10.1. The second-order valence-electron chi connectivity index (χ2n) is 9.31. The summed E-state index contributed by atoms with van der Waals surface area (Å²) in [4.78, 5) is 28.2. The fourth-order valence-electron chi connectivity index (χ4n) is 4.00. The van der Waals surface area contributed by atoms with Gasteiger partial charge in [0.2, 0.25) is 0 Å². The smallest absolute Gasteiger partial charge is 0.274 e. The van der Waals surface area contributed by atoms with E-state index in [2.05, 4.69) is 25.9 Å². The van der Waals surface area contributed by atoms with Gasteiger partial charge in [-0.3, -0.25) is 14.3 Å². The van der Waals surface area contributed by atoms with E-state index in [0.29, 0.717) is 49.0 Å². The molecule has 0 radical (unpaired) electrons. The molecule has 4 rings (SSSR count). The Bertz CT molecular complexity index is 980. The first kappa shape index (κ1) is 20.6. The van der Waals surface area contributed by atoms with E-state index in [1.165, 1.54) is 13.0 Å². The molecule has 0 unspecified atom stereocenters. The summed E-state index contributed by atoms with van der Waals surface area (Å²) in [6.45, 7) is 9.83. The van der Waals surface area contributed by atoms with Gasteiger partial charge in [-0.2, -0.15) is 5.10 Å². The van der Waals surface area contributed by atoms with E-state index in [-0.39, 0.29) is 17.2 Å².